The smallest absolute Gasteiger partial charge is 0.159 e. The van der Waals surface area contributed by atoms with Crippen LogP contribution < -0.4 is 4.74 Å². The molecule has 0 aliphatic heterocycles. The zero-order valence-electron chi connectivity index (χ0n) is 10.3. The summed E-state index contributed by atoms with van der Waals surface area (Å²) >= 11 is 3.29. The Morgan fingerprint density at radius 1 is 1.21 bits per heavy atom. The van der Waals surface area contributed by atoms with E-state index in [1.54, 1.807) is 36.4 Å². The van der Waals surface area contributed by atoms with E-state index >= 15 is 0 Å². The second-order valence-corrected chi connectivity index (χ2v) is 5.02. The molecule has 2 aromatic rings. The lowest BCUT2D eigenvalue weighted by Crippen LogP contribution is -1.99. The molecule has 0 amide bonds. The topological polar surface area (TPSA) is 26.3 Å². The van der Waals surface area contributed by atoms with Crippen LogP contribution in [-0.4, -0.2) is 5.78 Å². The predicted molar refractivity (Wildman–Crippen MR) is 74.9 cm³/mol. The third-order valence-electron chi connectivity index (χ3n) is 2.66. The fourth-order valence-corrected chi connectivity index (χ4v) is 2.01. The molecular formula is C15H12BrFO2. The minimum atomic E-state index is -0.302. The van der Waals surface area contributed by atoms with Crippen LogP contribution in [0.5, 0.6) is 5.75 Å². The van der Waals surface area contributed by atoms with E-state index in [2.05, 4.69) is 15.9 Å². The third kappa shape index (κ3) is 3.64. The average molecular weight is 323 g/mol. The van der Waals surface area contributed by atoms with Crippen molar-refractivity contribution in [2.24, 2.45) is 0 Å². The van der Waals surface area contributed by atoms with Crippen molar-refractivity contribution in [2.45, 2.75) is 13.5 Å². The van der Waals surface area contributed by atoms with Crippen LogP contribution in [0.4, 0.5) is 4.39 Å². The normalized spacial score (nSPS) is 10.3. The highest BCUT2D eigenvalue weighted by atomic mass is 79.9. The summed E-state index contributed by atoms with van der Waals surface area (Å²) in [5, 5.41) is 0. The van der Waals surface area contributed by atoms with Crippen molar-refractivity contribution >= 4 is 21.7 Å². The Morgan fingerprint density at radius 2 is 1.89 bits per heavy atom. The molecule has 0 saturated carbocycles. The average Bonchev–Trinajstić information content (AvgIpc) is 2.40. The predicted octanol–water partition coefficient (Wildman–Crippen LogP) is 4.37. The summed E-state index contributed by atoms with van der Waals surface area (Å²) in [6.07, 6.45) is 0. The van der Waals surface area contributed by atoms with Gasteiger partial charge in [0.1, 0.15) is 18.2 Å². The van der Waals surface area contributed by atoms with Gasteiger partial charge in [-0.3, -0.25) is 4.79 Å². The van der Waals surface area contributed by atoms with Crippen molar-refractivity contribution in [3.05, 3.63) is 63.9 Å². The largest absolute Gasteiger partial charge is 0.489 e. The Balaban J connectivity index is 2.06. The van der Waals surface area contributed by atoms with E-state index in [0.717, 1.165) is 4.47 Å². The maximum absolute atomic E-state index is 13.5. The van der Waals surface area contributed by atoms with Gasteiger partial charge in [-0.1, -0.05) is 15.9 Å². The van der Waals surface area contributed by atoms with Gasteiger partial charge in [-0.05, 0) is 49.4 Å². The Kier molecular flexibility index (Phi) is 4.32. The number of carbonyl (C=O) groups excluding carboxylic acids is 1. The van der Waals surface area contributed by atoms with E-state index in [-0.39, 0.29) is 18.2 Å². The molecule has 0 atom stereocenters. The first kappa shape index (κ1) is 13.7. The number of rotatable bonds is 4. The molecule has 2 aromatic carbocycles. The van der Waals surface area contributed by atoms with E-state index in [1.165, 1.54) is 13.0 Å². The molecule has 19 heavy (non-hydrogen) atoms. The highest BCUT2D eigenvalue weighted by molar-refractivity contribution is 9.10. The highest BCUT2D eigenvalue weighted by Gasteiger charge is 2.04. The fourth-order valence-electron chi connectivity index (χ4n) is 1.60. The number of ether oxygens (including phenoxy) is 1. The second-order valence-electron chi connectivity index (χ2n) is 4.10. The number of hydrogen-bond acceptors (Lipinski definition) is 2. The number of carbonyl (C=O) groups is 1. The van der Waals surface area contributed by atoms with Gasteiger partial charge in [0.2, 0.25) is 0 Å². The summed E-state index contributed by atoms with van der Waals surface area (Å²) in [6, 6.07) is 11.5. The van der Waals surface area contributed by atoms with Crippen LogP contribution in [0.1, 0.15) is 22.8 Å². The number of hydrogen-bond donors (Lipinski definition) is 0. The number of Topliss-reactive ketones (excluding diaryl/α,β-unsaturated/α-hetero) is 1. The van der Waals surface area contributed by atoms with Gasteiger partial charge in [0.05, 0.1) is 0 Å². The van der Waals surface area contributed by atoms with Crippen molar-refractivity contribution in [3.8, 4) is 5.75 Å². The van der Waals surface area contributed by atoms with Gasteiger partial charge in [-0.25, -0.2) is 4.39 Å². The monoisotopic (exact) mass is 322 g/mol. The van der Waals surface area contributed by atoms with E-state index in [0.29, 0.717) is 16.9 Å². The molecule has 0 aliphatic carbocycles. The van der Waals surface area contributed by atoms with Crippen LogP contribution >= 0.6 is 15.9 Å². The van der Waals surface area contributed by atoms with Crippen molar-refractivity contribution < 1.29 is 13.9 Å². The summed E-state index contributed by atoms with van der Waals surface area (Å²) in [4.78, 5) is 11.1. The quantitative estimate of drug-likeness (QED) is 0.781. The van der Waals surface area contributed by atoms with Crippen LogP contribution in [-0.2, 0) is 6.61 Å². The van der Waals surface area contributed by atoms with E-state index in [1.807, 2.05) is 0 Å². The Morgan fingerprint density at radius 3 is 2.53 bits per heavy atom. The number of benzene rings is 2. The molecule has 0 unspecified atom stereocenters. The minimum Gasteiger partial charge on any atom is -0.489 e. The Hall–Kier alpha value is -1.68. The maximum atomic E-state index is 13.5. The molecule has 0 N–H and O–H groups in total. The maximum Gasteiger partial charge on any atom is 0.159 e. The summed E-state index contributed by atoms with van der Waals surface area (Å²) < 4.78 is 19.8. The van der Waals surface area contributed by atoms with Gasteiger partial charge in [0.15, 0.2) is 5.78 Å². The van der Waals surface area contributed by atoms with E-state index in [9.17, 15) is 9.18 Å². The first-order valence-corrected chi connectivity index (χ1v) is 6.53. The van der Waals surface area contributed by atoms with Crippen LogP contribution in [0.3, 0.4) is 0 Å². The van der Waals surface area contributed by atoms with Crippen molar-refractivity contribution in [2.75, 3.05) is 0 Å². The lowest BCUT2D eigenvalue weighted by atomic mass is 10.1. The molecule has 0 spiro atoms. The SMILES string of the molecule is CC(=O)c1ccc(OCc2cc(Br)ccc2F)cc1. The lowest BCUT2D eigenvalue weighted by molar-refractivity contribution is 0.101. The van der Waals surface area contributed by atoms with Crippen LogP contribution in [0.2, 0.25) is 0 Å². The molecule has 0 fully saturated rings. The molecule has 0 heterocycles. The Labute approximate surface area is 119 Å². The molecule has 0 aromatic heterocycles. The molecule has 0 radical (unpaired) electrons. The zero-order chi connectivity index (χ0) is 13.8. The first-order valence-electron chi connectivity index (χ1n) is 5.74. The molecule has 0 saturated heterocycles. The van der Waals surface area contributed by atoms with Crippen LogP contribution in [0, 0.1) is 5.82 Å². The molecular weight excluding hydrogens is 311 g/mol. The summed E-state index contributed by atoms with van der Waals surface area (Å²) in [5.74, 6) is 0.303. The molecule has 0 aliphatic rings. The van der Waals surface area contributed by atoms with Gasteiger partial charge in [-0.2, -0.15) is 0 Å². The first-order chi connectivity index (χ1) is 9.06. The van der Waals surface area contributed by atoms with Gasteiger partial charge < -0.3 is 4.74 Å². The second kappa shape index (κ2) is 5.97. The zero-order valence-corrected chi connectivity index (χ0v) is 11.9. The molecule has 4 heteroatoms. The standard InChI is InChI=1S/C15H12BrFO2/c1-10(18)11-2-5-14(6-3-11)19-9-12-8-13(16)4-7-15(12)17/h2-8H,9H2,1H3. The fraction of sp³-hybridized carbons (Fsp3) is 0.133. The van der Waals surface area contributed by atoms with Gasteiger partial charge in [-0.15, -0.1) is 0 Å². The lowest BCUT2D eigenvalue weighted by Gasteiger charge is -2.08. The molecule has 2 rings (SSSR count). The van der Waals surface area contributed by atoms with Crippen molar-refractivity contribution in [3.63, 3.8) is 0 Å². The van der Waals surface area contributed by atoms with Crippen molar-refractivity contribution in [1.29, 1.82) is 0 Å². The van der Waals surface area contributed by atoms with Gasteiger partial charge in [0, 0.05) is 15.6 Å². The summed E-state index contributed by atoms with van der Waals surface area (Å²) in [5.41, 5.74) is 1.10. The van der Waals surface area contributed by atoms with Crippen LogP contribution in [0.15, 0.2) is 46.9 Å². The van der Waals surface area contributed by atoms with Crippen molar-refractivity contribution in [1.82, 2.24) is 0 Å². The van der Waals surface area contributed by atoms with Crippen LogP contribution in [0.25, 0.3) is 0 Å². The molecule has 2 nitrogen and oxygen atoms in total. The summed E-state index contributed by atoms with van der Waals surface area (Å²) in [7, 11) is 0. The molecule has 0 bridgehead atoms. The Bertz CT molecular complexity index is 594. The highest BCUT2D eigenvalue weighted by Crippen LogP contribution is 2.19. The summed E-state index contributed by atoms with van der Waals surface area (Å²) in [6.45, 7) is 1.65. The molecule has 98 valence electrons. The van der Waals surface area contributed by atoms with E-state index in [4.69, 9.17) is 4.74 Å². The number of ketones is 1. The number of halogens is 2. The third-order valence-corrected chi connectivity index (χ3v) is 3.16. The van der Waals surface area contributed by atoms with Gasteiger partial charge >= 0.3 is 0 Å². The minimum absolute atomic E-state index is 0.00424. The van der Waals surface area contributed by atoms with Gasteiger partial charge in [0.25, 0.3) is 0 Å². The van der Waals surface area contributed by atoms with E-state index < -0.39 is 0 Å².